The van der Waals surface area contributed by atoms with Gasteiger partial charge in [0.05, 0.1) is 23.2 Å². The summed E-state index contributed by atoms with van der Waals surface area (Å²) < 4.78 is 77.9. The van der Waals surface area contributed by atoms with Gasteiger partial charge in [0.2, 0.25) is 15.9 Å². The molecule has 0 heterocycles. The Morgan fingerprint density at radius 2 is 1.68 bits per heavy atom. The number of para-hydroxylation sites is 1. The van der Waals surface area contributed by atoms with E-state index in [0.717, 1.165) is 34.8 Å². The number of carbonyl (C=O) groups excluding carboxylic acids is 1. The highest BCUT2D eigenvalue weighted by Crippen LogP contribution is 2.35. The number of rotatable bonds is 6. The topological polar surface area (TPSA) is 66.5 Å². The number of nitrogens with one attached hydrogen (secondary N) is 1. The molecule has 0 aromatic heterocycles. The molecule has 2 rings (SSSR count). The normalized spacial score (nSPS) is 13.1. The van der Waals surface area contributed by atoms with Gasteiger partial charge in [0.15, 0.2) is 0 Å². The molecule has 10 heteroatoms. The van der Waals surface area contributed by atoms with E-state index in [9.17, 15) is 30.8 Å². The van der Waals surface area contributed by atoms with Crippen LogP contribution in [-0.4, -0.2) is 26.6 Å². The smallest absolute Gasteiger partial charge is 0.324 e. The Labute approximate surface area is 160 Å². The number of hydrogen-bond acceptors (Lipinski definition) is 3. The molecule has 0 saturated carbocycles. The van der Waals surface area contributed by atoms with Gasteiger partial charge in [-0.3, -0.25) is 9.10 Å². The molecule has 1 N–H and O–H groups in total. The van der Waals surface area contributed by atoms with Gasteiger partial charge in [-0.05, 0) is 42.8 Å². The second-order valence-electron chi connectivity index (χ2n) is 5.99. The summed E-state index contributed by atoms with van der Waals surface area (Å²) in [5.41, 5.74) is -1.51. The van der Waals surface area contributed by atoms with E-state index in [1.807, 2.05) is 0 Å². The van der Waals surface area contributed by atoms with Gasteiger partial charge in [-0.1, -0.05) is 19.1 Å². The number of nitrogens with zero attached hydrogens (tertiary/aromatic N) is 1. The summed E-state index contributed by atoms with van der Waals surface area (Å²) in [6.45, 7) is 1.52. The lowest BCUT2D eigenvalue weighted by Crippen LogP contribution is -2.47. The molecule has 0 radical (unpaired) electrons. The molecule has 0 unspecified atom stereocenters. The van der Waals surface area contributed by atoms with E-state index in [4.69, 9.17) is 0 Å². The molecule has 0 aliphatic rings. The van der Waals surface area contributed by atoms with Crippen LogP contribution in [0.1, 0.15) is 18.9 Å². The van der Waals surface area contributed by atoms with E-state index >= 15 is 0 Å². The highest BCUT2D eigenvalue weighted by molar-refractivity contribution is 7.92. The summed E-state index contributed by atoms with van der Waals surface area (Å²) in [6.07, 6.45) is -3.86. The van der Waals surface area contributed by atoms with E-state index in [2.05, 4.69) is 5.32 Å². The number of sulfonamides is 1. The summed E-state index contributed by atoms with van der Waals surface area (Å²) in [5.74, 6) is -1.54. The van der Waals surface area contributed by atoms with Crippen molar-refractivity contribution >= 4 is 27.3 Å². The van der Waals surface area contributed by atoms with Gasteiger partial charge in [0.25, 0.3) is 0 Å². The minimum Gasteiger partial charge on any atom is -0.324 e. The predicted octanol–water partition coefficient (Wildman–Crippen LogP) is 4.03. The van der Waals surface area contributed by atoms with E-state index in [0.29, 0.717) is 0 Å². The van der Waals surface area contributed by atoms with Crippen LogP contribution in [0.5, 0.6) is 0 Å². The Hall–Kier alpha value is -2.62. The number of halogens is 4. The zero-order chi connectivity index (χ0) is 21.1. The lowest BCUT2D eigenvalue weighted by molar-refractivity contribution is -0.137. The third-order valence-corrected chi connectivity index (χ3v) is 5.08. The van der Waals surface area contributed by atoms with Gasteiger partial charge in [-0.25, -0.2) is 12.8 Å². The molecule has 5 nitrogen and oxygen atoms in total. The molecular weight excluding hydrogens is 400 g/mol. The molecule has 0 saturated heterocycles. The Bertz CT molecular complexity index is 944. The van der Waals surface area contributed by atoms with E-state index < -0.39 is 45.2 Å². The van der Waals surface area contributed by atoms with Crippen LogP contribution < -0.4 is 9.62 Å². The quantitative estimate of drug-likeness (QED) is 0.721. The molecule has 0 aliphatic carbocycles. The third kappa shape index (κ3) is 5.00. The highest BCUT2D eigenvalue weighted by Gasteiger charge is 2.36. The van der Waals surface area contributed by atoms with Crippen LogP contribution in [0.25, 0.3) is 0 Å². The van der Waals surface area contributed by atoms with Crippen molar-refractivity contribution in [3.63, 3.8) is 0 Å². The van der Waals surface area contributed by atoms with Gasteiger partial charge < -0.3 is 5.32 Å². The van der Waals surface area contributed by atoms with Crippen LogP contribution >= 0.6 is 0 Å². The Balaban J connectivity index is 2.42. The van der Waals surface area contributed by atoms with Crippen molar-refractivity contribution < 1.29 is 30.8 Å². The Kier molecular flexibility index (Phi) is 6.33. The zero-order valence-corrected chi connectivity index (χ0v) is 15.8. The number of hydrogen-bond donors (Lipinski definition) is 1. The van der Waals surface area contributed by atoms with Gasteiger partial charge in [0, 0.05) is 0 Å². The average Bonchev–Trinajstić information content (AvgIpc) is 2.59. The number of alkyl halides is 3. The molecule has 2 aromatic carbocycles. The van der Waals surface area contributed by atoms with Crippen LogP contribution in [0, 0.1) is 5.82 Å². The lowest BCUT2D eigenvalue weighted by Gasteiger charge is -2.30. The van der Waals surface area contributed by atoms with Gasteiger partial charge in [0.1, 0.15) is 11.9 Å². The van der Waals surface area contributed by atoms with Crippen molar-refractivity contribution in [3.8, 4) is 0 Å². The molecule has 1 amide bonds. The van der Waals surface area contributed by atoms with E-state index in [1.165, 1.54) is 31.2 Å². The first-order chi connectivity index (χ1) is 12.9. The Morgan fingerprint density at radius 3 is 2.18 bits per heavy atom. The van der Waals surface area contributed by atoms with Crippen molar-refractivity contribution in [3.05, 3.63) is 59.9 Å². The molecule has 152 valence electrons. The standard InChI is InChI=1S/C18H18F4N2O3S/c1-3-16(24(28(2,26)27)13-10-8-12(19)9-11-13)17(25)23-15-7-5-4-6-14(15)18(20,21)22/h4-11,16H,3H2,1-2H3,(H,23,25)/t16-/m0/s1. The molecular formula is C18H18F4N2O3S. The van der Waals surface area contributed by atoms with Gasteiger partial charge >= 0.3 is 6.18 Å². The average molecular weight is 418 g/mol. The van der Waals surface area contributed by atoms with Crippen molar-refractivity contribution in [2.45, 2.75) is 25.6 Å². The minimum absolute atomic E-state index is 0.0232. The molecule has 0 bridgehead atoms. The first-order valence-corrected chi connectivity index (χ1v) is 10.0. The zero-order valence-electron chi connectivity index (χ0n) is 15.0. The maximum atomic E-state index is 13.2. The van der Waals surface area contributed by atoms with Gasteiger partial charge in [-0.15, -0.1) is 0 Å². The number of anilines is 2. The SMILES string of the molecule is CC[C@@H](C(=O)Nc1ccccc1C(F)(F)F)N(c1ccc(F)cc1)S(C)(=O)=O. The molecule has 0 fully saturated rings. The van der Waals surface area contributed by atoms with Crippen molar-refractivity contribution in [2.75, 3.05) is 15.9 Å². The maximum Gasteiger partial charge on any atom is 0.418 e. The first kappa shape index (κ1) is 21.7. The second-order valence-corrected chi connectivity index (χ2v) is 7.85. The summed E-state index contributed by atoms with van der Waals surface area (Å²) in [5, 5.41) is 2.16. The van der Waals surface area contributed by atoms with E-state index in [-0.39, 0.29) is 12.1 Å². The fourth-order valence-corrected chi connectivity index (χ4v) is 3.92. The fraction of sp³-hybridized carbons (Fsp3) is 0.278. The molecule has 0 spiro atoms. The number of benzene rings is 2. The highest BCUT2D eigenvalue weighted by atomic mass is 32.2. The maximum absolute atomic E-state index is 13.2. The van der Waals surface area contributed by atoms with Crippen LogP contribution in [0.2, 0.25) is 0 Å². The second kappa shape index (κ2) is 8.17. The molecule has 2 aromatic rings. The fourth-order valence-electron chi connectivity index (χ4n) is 2.70. The van der Waals surface area contributed by atoms with Crippen LogP contribution in [0.4, 0.5) is 28.9 Å². The molecule has 1 atom stereocenters. The summed E-state index contributed by atoms with van der Waals surface area (Å²) >= 11 is 0. The van der Waals surface area contributed by atoms with Crippen molar-refractivity contribution in [1.82, 2.24) is 0 Å². The number of carbonyl (C=O) groups is 1. The monoisotopic (exact) mass is 418 g/mol. The summed E-state index contributed by atoms with van der Waals surface area (Å²) in [6, 6.07) is 7.46. The van der Waals surface area contributed by atoms with Crippen molar-refractivity contribution in [1.29, 1.82) is 0 Å². The van der Waals surface area contributed by atoms with Crippen LogP contribution in [-0.2, 0) is 21.0 Å². The lowest BCUT2D eigenvalue weighted by atomic mass is 10.1. The van der Waals surface area contributed by atoms with Crippen molar-refractivity contribution in [2.24, 2.45) is 0 Å². The summed E-state index contributed by atoms with van der Waals surface area (Å²) in [4.78, 5) is 12.7. The van der Waals surface area contributed by atoms with E-state index in [1.54, 1.807) is 0 Å². The van der Waals surface area contributed by atoms with Gasteiger partial charge in [-0.2, -0.15) is 13.2 Å². The molecule has 28 heavy (non-hydrogen) atoms. The Morgan fingerprint density at radius 1 is 1.11 bits per heavy atom. The van der Waals surface area contributed by atoms with Crippen LogP contribution in [0.15, 0.2) is 48.5 Å². The number of amides is 1. The predicted molar refractivity (Wildman–Crippen MR) is 97.9 cm³/mol. The third-order valence-electron chi connectivity index (χ3n) is 3.90. The minimum atomic E-state index is -4.70. The van der Waals surface area contributed by atoms with Crippen LogP contribution in [0.3, 0.4) is 0 Å². The summed E-state index contributed by atoms with van der Waals surface area (Å²) in [7, 11) is -3.99. The first-order valence-electron chi connectivity index (χ1n) is 8.17. The largest absolute Gasteiger partial charge is 0.418 e. The molecule has 0 aliphatic heterocycles.